The van der Waals surface area contributed by atoms with E-state index < -0.39 is 0 Å². The number of piperazine rings is 1. The zero-order chi connectivity index (χ0) is 19.5. The van der Waals surface area contributed by atoms with Gasteiger partial charge in [-0.1, -0.05) is 22.8 Å². The van der Waals surface area contributed by atoms with Crippen LogP contribution >= 0.6 is 11.6 Å². The van der Waals surface area contributed by atoms with Gasteiger partial charge < -0.3 is 9.42 Å². The van der Waals surface area contributed by atoms with Crippen LogP contribution in [0.15, 0.2) is 53.1 Å². The Bertz CT molecular complexity index is 968. The summed E-state index contributed by atoms with van der Waals surface area (Å²) in [7, 11) is 0. The van der Waals surface area contributed by atoms with Crippen molar-refractivity contribution >= 4 is 17.5 Å². The minimum absolute atomic E-state index is 0.0811. The Morgan fingerprint density at radius 1 is 1.11 bits per heavy atom. The zero-order valence-corrected chi connectivity index (χ0v) is 15.8. The summed E-state index contributed by atoms with van der Waals surface area (Å²) in [5.41, 5.74) is 1.28. The number of nitrogens with zero attached hydrogens (tertiary/aromatic N) is 4. The molecule has 4 rings (SSSR count). The SMILES string of the molecule is O=C(c1ccc(F)cc1)N1CCN(Cc2noc(-c3cccc(Cl)c3)n2)CC1. The number of halogens is 2. The molecular formula is C20H18ClFN4O2. The molecule has 3 aromatic rings. The van der Waals surface area contributed by atoms with Crippen molar-refractivity contribution in [1.29, 1.82) is 0 Å². The lowest BCUT2D eigenvalue weighted by atomic mass is 10.2. The smallest absolute Gasteiger partial charge is 0.258 e. The van der Waals surface area contributed by atoms with Gasteiger partial charge in [-0.2, -0.15) is 4.98 Å². The van der Waals surface area contributed by atoms with Gasteiger partial charge >= 0.3 is 0 Å². The first kappa shape index (κ1) is 18.6. The van der Waals surface area contributed by atoms with Crippen molar-refractivity contribution in [2.75, 3.05) is 26.2 Å². The summed E-state index contributed by atoms with van der Waals surface area (Å²) >= 11 is 6.00. The highest BCUT2D eigenvalue weighted by Gasteiger charge is 2.23. The number of hydrogen-bond acceptors (Lipinski definition) is 5. The lowest BCUT2D eigenvalue weighted by Crippen LogP contribution is -2.48. The van der Waals surface area contributed by atoms with E-state index in [2.05, 4.69) is 15.0 Å². The monoisotopic (exact) mass is 400 g/mol. The van der Waals surface area contributed by atoms with Crippen LogP contribution in [0.1, 0.15) is 16.2 Å². The number of hydrogen-bond donors (Lipinski definition) is 0. The lowest BCUT2D eigenvalue weighted by molar-refractivity contribution is 0.0624. The van der Waals surface area contributed by atoms with E-state index >= 15 is 0 Å². The van der Waals surface area contributed by atoms with E-state index in [1.54, 1.807) is 17.0 Å². The third-order valence-corrected chi connectivity index (χ3v) is 4.89. The van der Waals surface area contributed by atoms with Gasteiger partial charge in [-0.3, -0.25) is 9.69 Å². The van der Waals surface area contributed by atoms with Crippen molar-refractivity contribution in [1.82, 2.24) is 19.9 Å². The highest BCUT2D eigenvalue weighted by Crippen LogP contribution is 2.21. The predicted octanol–water partition coefficient (Wildman–Crippen LogP) is 3.49. The van der Waals surface area contributed by atoms with Crippen molar-refractivity contribution in [3.05, 3.63) is 70.8 Å². The molecule has 0 bridgehead atoms. The maximum absolute atomic E-state index is 13.0. The first-order valence-corrected chi connectivity index (χ1v) is 9.32. The molecule has 2 aromatic carbocycles. The third-order valence-electron chi connectivity index (χ3n) is 4.66. The molecule has 144 valence electrons. The number of aromatic nitrogens is 2. The molecule has 1 saturated heterocycles. The van der Waals surface area contributed by atoms with Crippen LogP contribution in [0.4, 0.5) is 4.39 Å². The Kier molecular flexibility index (Phi) is 5.36. The van der Waals surface area contributed by atoms with Gasteiger partial charge in [-0.25, -0.2) is 4.39 Å². The van der Waals surface area contributed by atoms with Crippen molar-refractivity contribution in [2.45, 2.75) is 6.54 Å². The van der Waals surface area contributed by atoms with Gasteiger partial charge in [0.1, 0.15) is 5.82 Å². The molecule has 0 aliphatic carbocycles. The molecule has 8 heteroatoms. The second kappa shape index (κ2) is 8.08. The molecule has 0 N–H and O–H groups in total. The van der Waals surface area contributed by atoms with Crippen LogP contribution in [-0.2, 0) is 6.54 Å². The van der Waals surface area contributed by atoms with E-state index in [9.17, 15) is 9.18 Å². The van der Waals surface area contributed by atoms with Crippen molar-refractivity contribution in [3.8, 4) is 11.5 Å². The normalized spacial score (nSPS) is 15.0. The van der Waals surface area contributed by atoms with Gasteiger partial charge in [-0.05, 0) is 42.5 Å². The summed E-state index contributed by atoms with van der Waals surface area (Å²) in [4.78, 5) is 20.9. The average molecular weight is 401 g/mol. The third kappa shape index (κ3) is 4.21. The number of rotatable bonds is 4. The largest absolute Gasteiger partial charge is 0.336 e. The molecule has 0 spiro atoms. The molecule has 28 heavy (non-hydrogen) atoms. The Hall–Kier alpha value is -2.77. The highest BCUT2D eigenvalue weighted by atomic mass is 35.5. The maximum Gasteiger partial charge on any atom is 0.258 e. The summed E-state index contributed by atoms with van der Waals surface area (Å²) < 4.78 is 18.4. The van der Waals surface area contributed by atoms with Gasteiger partial charge in [0, 0.05) is 42.3 Å². The van der Waals surface area contributed by atoms with Crippen LogP contribution in [0.2, 0.25) is 5.02 Å². The Labute approximate surface area is 166 Å². The fourth-order valence-corrected chi connectivity index (χ4v) is 3.33. The molecule has 1 amide bonds. The molecule has 0 unspecified atom stereocenters. The fraction of sp³-hybridized carbons (Fsp3) is 0.250. The van der Waals surface area contributed by atoms with Crippen molar-refractivity contribution in [2.24, 2.45) is 0 Å². The quantitative estimate of drug-likeness (QED) is 0.671. The molecular weight excluding hydrogens is 383 g/mol. The Balaban J connectivity index is 1.33. The number of carbonyl (C=O) groups is 1. The van der Waals surface area contributed by atoms with Crippen molar-refractivity contribution < 1.29 is 13.7 Å². The lowest BCUT2D eigenvalue weighted by Gasteiger charge is -2.34. The van der Waals surface area contributed by atoms with Gasteiger partial charge in [-0.15, -0.1) is 0 Å². The molecule has 0 atom stereocenters. The second-order valence-corrected chi connectivity index (χ2v) is 7.04. The summed E-state index contributed by atoms with van der Waals surface area (Å²) in [5.74, 6) is 0.594. The van der Waals surface area contributed by atoms with Crippen LogP contribution in [0, 0.1) is 5.82 Å². The molecule has 1 aromatic heterocycles. The summed E-state index contributed by atoms with van der Waals surface area (Å²) in [6.07, 6.45) is 0. The van der Waals surface area contributed by atoms with Crippen LogP contribution in [0.25, 0.3) is 11.5 Å². The van der Waals surface area contributed by atoms with Crippen LogP contribution in [-0.4, -0.2) is 52.0 Å². The van der Waals surface area contributed by atoms with Gasteiger partial charge in [0.2, 0.25) is 0 Å². The minimum Gasteiger partial charge on any atom is -0.336 e. The second-order valence-electron chi connectivity index (χ2n) is 6.60. The fourth-order valence-electron chi connectivity index (χ4n) is 3.14. The maximum atomic E-state index is 13.0. The van der Waals surface area contributed by atoms with E-state index in [4.69, 9.17) is 16.1 Å². The molecule has 0 radical (unpaired) electrons. The summed E-state index contributed by atoms with van der Waals surface area (Å²) in [6, 6.07) is 12.9. The molecule has 6 nitrogen and oxygen atoms in total. The Morgan fingerprint density at radius 2 is 1.86 bits per heavy atom. The predicted molar refractivity (Wildman–Crippen MR) is 102 cm³/mol. The van der Waals surface area contributed by atoms with Crippen molar-refractivity contribution in [3.63, 3.8) is 0 Å². The van der Waals surface area contributed by atoms with Gasteiger partial charge in [0.25, 0.3) is 11.8 Å². The number of carbonyl (C=O) groups excluding carboxylic acids is 1. The molecule has 1 fully saturated rings. The number of amides is 1. The van der Waals surface area contributed by atoms with E-state index in [-0.39, 0.29) is 11.7 Å². The van der Waals surface area contributed by atoms with Crippen LogP contribution in [0.3, 0.4) is 0 Å². The zero-order valence-electron chi connectivity index (χ0n) is 15.0. The first-order valence-electron chi connectivity index (χ1n) is 8.94. The van der Waals surface area contributed by atoms with Gasteiger partial charge in [0.15, 0.2) is 5.82 Å². The van der Waals surface area contributed by atoms with E-state index in [1.807, 2.05) is 12.1 Å². The molecule has 2 heterocycles. The first-order chi connectivity index (χ1) is 13.6. The Morgan fingerprint density at radius 3 is 2.57 bits per heavy atom. The van der Waals surface area contributed by atoms with E-state index in [0.29, 0.717) is 55.0 Å². The summed E-state index contributed by atoms with van der Waals surface area (Å²) in [5, 5.41) is 4.65. The molecule has 1 aliphatic heterocycles. The summed E-state index contributed by atoms with van der Waals surface area (Å²) in [6.45, 7) is 3.13. The minimum atomic E-state index is -0.348. The number of benzene rings is 2. The molecule has 0 saturated carbocycles. The van der Waals surface area contributed by atoms with Gasteiger partial charge in [0.05, 0.1) is 6.54 Å². The standard InChI is InChI=1S/C20H18ClFN4O2/c21-16-3-1-2-15(12-16)19-23-18(24-28-19)13-25-8-10-26(11-9-25)20(27)14-4-6-17(22)7-5-14/h1-7,12H,8-11,13H2. The van der Waals surface area contributed by atoms with Crippen LogP contribution in [0.5, 0.6) is 0 Å². The molecule has 1 aliphatic rings. The van der Waals surface area contributed by atoms with Crippen LogP contribution < -0.4 is 0 Å². The average Bonchev–Trinajstić information content (AvgIpc) is 3.17. The topological polar surface area (TPSA) is 62.5 Å². The van der Waals surface area contributed by atoms with E-state index in [0.717, 1.165) is 5.56 Å². The van der Waals surface area contributed by atoms with E-state index in [1.165, 1.54) is 24.3 Å². The highest BCUT2D eigenvalue weighted by molar-refractivity contribution is 6.30.